The first kappa shape index (κ1) is 15.0. The van der Waals surface area contributed by atoms with Crippen molar-refractivity contribution in [2.75, 3.05) is 6.61 Å². The van der Waals surface area contributed by atoms with Crippen LogP contribution < -0.4 is 0 Å². The van der Waals surface area contributed by atoms with Gasteiger partial charge in [0.2, 0.25) is 0 Å². The molecular formula is C21H18FNO. The minimum Gasteiger partial charge on any atom is -0.396 e. The molecule has 0 saturated carbocycles. The molecule has 1 N–H and O–H groups in total. The van der Waals surface area contributed by atoms with Gasteiger partial charge in [0, 0.05) is 17.9 Å². The van der Waals surface area contributed by atoms with Crippen LogP contribution >= 0.6 is 0 Å². The van der Waals surface area contributed by atoms with Crippen LogP contribution in [0.5, 0.6) is 0 Å². The molecule has 0 aliphatic heterocycles. The van der Waals surface area contributed by atoms with Crippen molar-refractivity contribution < 1.29 is 9.50 Å². The molecule has 0 bridgehead atoms. The van der Waals surface area contributed by atoms with Crippen molar-refractivity contribution in [2.24, 2.45) is 0 Å². The molecule has 3 aromatic rings. The third kappa shape index (κ3) is 2.33. The fourth-order valence-corrected chi connectivity index (χ4v) is 3.73. The van der Waals surface area contributed by atoms with Crippen LogP contribution in [-0.2, 0) is 0 Å². The van der Waals surface area contributed by atoms with Crippen molar-refractivity contribution in [3.63, 3.8) is 0 Å². The summed E-state index contributed by atoms with van der Waals surface area (Å²) in [4.78, 5) is 4.83. The number of halogens is 1. The highest BCUT2D eigenvalue weighted by Crippen LogP contribution is 2.46. The second-order valence-corrected chi connectivity index (χ2v) is 6.23. The van der Waals surface area contributed by atoms with E-state index in [0.717, 1.165) is 38.9 Å². The number of aliphatic hydroxyl groups excluding tert-OH is 1. The first-order chi connectivity index (χ1) is 11.7. The summed E-state index contributed by atoms with van der Waals surface area (Å²) < 4.78 is 13.7. The summed E-state index contributed by atoms with van der Waals surface area (Å²) in [5, 5.41) is 10.5. The van der Waals surface area contributed by atoms with Gasteiger partial charge in [0.05, 0.1) is 11.2 Å². The normalized spacial score (nSPS) is 16.7. The van der Waals surface area contributed by atoms with E-state index in [1.54, 1.807) is 6.07 Å². The smallest absolute Gasteiger partial charge is 0.123 e. The summed E-state index contributed by atoms with van der Waals surface area (Å²) in [6.07, 6.45) is 0.534. The van der Waals surface area contributed by atoms with Crippen LogP contribution in [0, 0.1) is 5.82 Å². The zero-order valence-corrected chi connectivity index (χ0v) is 13.5. The van der Waals surface area contributed by atoms with E-state index in [2.05, 4.69) is 13.0 Å². The van der Waals surface area contributed by atoms with Gasteiger partial charge in [0.15, 0.2) is 0 Å². The van der Waals surface area contributed by atoms with Gasteiger partial charge in [-0.2, -0.15) is 0 Å². The third-order valence-corrected chi connectivity index (χ3v) is 4.84. The first-order valence-corrected chi connectivity index (χ1v) is 8.15. The standard InChI is InChI=1S/C21H18FNO/c1-13-16(10-11-24)18-12-15(22)7-8-17(18)21(13)20-9-6-14-4-2-3-5-19(14)23-20/h2-9,12,21,24H,10-11H2,1H3. The van der Waals surface area contributed by atoms with Gasteiger partial charge in [0.1, 0.15) is 5.82 Å². The molecule has 1 atom stereocenters. The predicted molar refractivity (Wildman–Crippen MR) is 94.3 cm³/mol. The molecule has 2 nitrogen and oxygen atoms in total. The van der Waals surface area contributed by atoms with E-state index in [1.807, 2.05) is 36.4 Å². The molecular weight excluding hydrogens is 301 g/mol. The topological polar surface area (TPSA) is 33.1 Å². The van der Waals surface area contributed by atoms with Gasteiger partial charge in [-0.05, 0) is 54.3 Å². The van der Waals surface area contributed by atoms with Crippen LogP contribution in [0.2, 0.25) is 0 Å². The summed E-state index contributed by atoms with van der Waals surface area (Å²) in [6.45, 7) is 2.12. The van der Waals surface area contributed by atoms with Crippen molar-refractivity contribution >= 4 is 16.5 Å². The molecule has 24 heavy (non-hydrogen) atoms. The molecule has 120 valence electrons. The fourth-order valence-electron chi connectivity index (χ4n) is 3.73. The van der Waals surface area contributed by atoms with Gasteiger partial charge in [-0.3, -0.25) is 4.98 Å². The highest BCUT2D eigenvalue weighted by atomic mass is 19.1. The van der Waals surface area contributed by atoms with Crippen LogP contribution in [0.4, 0.5) is 4.39 Å². The number of aromatic nitrogens is 1. The van der Waals surface area contributed by atoms with E-state index >= 15 is 0 Å². The van der Waals surface area contributed by atoms with Crippen LogP contribution in [0.1, 0.15) is 36.1 Å². The second kappa shape index (κ2) is 5.84. The Bertz CT molecular complexity index is 961. The Labute approximate surface area is 140 Å². The number of aliphatic hydroxyl groups is 1. The van der Waals surface area contributed by atoms with E-state index in [9.17, 15) is 9.50 Å². The minimum absolute atomic E-state index is 0.0201. The van der Waals surface area contributed by atoms with Crippen molar-refractivity contribution in [3.8, 4) is 0 Å². The average molecular weight is 319 g/mol. The fraction of sp³-hybridized carbons (Fsp3) is 0.190. The largest absolute Gasteiger partial charge is 0.396 e. The lowest BCUT2D eigenvalue weighted by Crippen LogP contribution is -2.02. The number of allylic oxidation sites excluding steroid dienone is 1. The number of fused-ring (bicyclic) bond motifs is 2. The Balaban J connectivity index is 1.90. The molecule has 1 aliphatic carbocycles. The number of nitrogens with zero attached hydrogens (tertiary/aromatic N) is 1. The van der Waals surface area contributed by atoms with Crippen molar-refractivity contribution in [2.45, 2.75) is 19.3 Å². The molecule has 0 amide bonds. The van der Waals surface area contributed by atoms with E-state index in [0.29, 0.717) is 6.42 Å². The monoisotopic (exact) mass is 319 g/mol. The molecule has 1 unspecified atom stereocenters. The van der Waals surface area contributed by atoms with Gasteiger partial charge < -0.3 is 5.11 Å². The Morgan fingerprint density at radius 2 is 1.92 bits per heavy atom. The zero-order valence-electron chi connectivity index (χ0n) is 13.5. The van der Waals surface area contributed by atoms with Crippen LogP contribution in [0.3, 0.4) is 0 Å². The van der Waals surface area contributed by atoms with E-state index in [-0.39, 0.29) is 18.3 Å². The van der Waals surface area contributed by atoms with Crippen molar-refractivity contribution in [1.29, 1.82) is 0 Å². The molecule has 1 heterocycles. The summed E-state index contributed by atoms with van der Waals surface area (Å²) in [5.41, 5.74) is 6.08. The lowest BCUT2D eigenvalue weighted by molar-refractivity contribution is 0.305. The van der Waals surface area contributed by atoms with E-state index in [4.69, 9.17) is 4.98 Å². The maximum atomic E-state index is 13.7. The summed E-state index contributed by atoms with van der Waals surface area (Å²) in [5.74, 6) is -0.226. The Hall–Kier alpha value is -2.52. The highest BCUT2D eigenvalue weighted by molar-refractivity contribution is 5.82. The third-order valence-electron chi connectivity index (χ3n) is 4.84. The summed E-state index contributed by atoms with van der Waals surface area (Å²) in [7, 11) is 0. The molecule has 2 aromatic carbocycles. The van der Waals surface area contributed by atoms with Gasteiger partial charge in [-0.15, -0.1) is 0 Å². The quantitative estimate of drug-likeness (QED) is 0.760. The van der Waals surface area contributed by atoms with Gasteiger partial charge in [-0.25, -0.2) is 4.39 Å². The number of hydrogen-bond donors (Lipinski definition) is 1. The SMILES string of the molecule is CC1=C(CCO)c2cc(F)ccc2C1c1ccc2ccccc2n1. The van der Waals surface area contributed by atoms with Crippen molar-refractivity contribution in [3.05, 3.63) is 82.8 Å². The first-order valence-electron chi connectivity index (χ1n) is 8.15. The molecule has 3 heteroatoms. The van der Waals surface area contributed by atoms with E-state index < -0.39 is 0 Å². The lowest BCUT2D eigenvalue weighted by Gasteiger charge is -2.14. The molecule has 4 rings (SSSR count). The Morgan fingerprint density at radius 1 is 1.08 bits per heavy atom. The Kier molecular flexibility index (Phi) is 3.66. The minimum atomic E-state index is -0.246. The lowest BCUT2D eigenvalue weighted by atomic mass is 9.92. The molecule has 0 fully saturated rings. The molecule has 1 aliphatic rings. The second-order valence-electron chi connectivity index (χ2n) is 6.23. The number of hydrogen-bond acceptors (Lipinski definition) is 2. The number of para-hydroxylation sites is 1. The van der Waals surface area contributed by atoms with Gasteiger partial charge in [-0.1, -0.05) is 35.9 Å². The molecule has 0 spiro atoms. The summed E-state index contributed by atoms with van der Waals surface area (Å²) in [6, 6.07) is 17.1. The Morgan fingerprint density at radius 3 is 2.75 bits per heavy atom. The maximum absolute atomic E-state index is 13.7. The number of rotatable bonds is 3. The number of benzene rings is 2. The molecule has 0 radical (unpaired) electrons. The van der Waals surface area contributed by atoms with Crippen molar-refractivity contribution in [1.82, 2.24) is 4.98 Å². The van der Waals surface area contributed by atoms with Crippen LogP contribution in [0.25, 0.3) is 16.5 Å². The van der Waals surface area contributed by atoms with Crippen LogP contribution in [-0.4, -0.2) is 16.7 Å². The number of pyridine rings is 1. The summed E-state index contributed by atoms with van der Waals surface area (Å²) >= 11 is 0. The van der Waals surface area contributed by atoms with Gasteiger partial charge >= 0.3 is 0 Å². The van der Waals surface area contributed by atoms with Gasteiger partial charge in [0.25, 0.3) is 0 Å². The average Bonchev–Trinajstić information content (AvgIpc) is 2.86. The molecule has 0 saturated heterocycles. The van der Waals surface area contributed by atoms with Crippen LogP contribution in [0.15, 0.2) is 60.2 Å². The maximum Gasteiger partial charge on any atom is 0.123 e. The predicted octanol–water partition coefficient (Wildman–Crippen LogP) is 4.68. The van der Waals surface area contributed by atoms with E-state index in [1.165, 1.54) is 6.07 Å². The molecule has 1 aromatic heterocycles. The zero-order chi connectivity index (χ0) is 16.7. The highest BCUT2D eigenvalue weighted by Gasteiger charge is 2.30.